The zero-order valence-corrected chi connectivity index (χ0v) is 16.9. The van der Waals surface area contributed by atoms with Crippen molar-refractivity contribution in [2.24, 2.45) is 0 Å². The molecule has 0 amide bonds. The summed E-state index contributed by atoms with van der Waals surface area (Å²) < 4.78 is 16.7. The standard InChI is InChI=1S/C20H20Br2O3/c21-19(17-13-23-17,11-15-7-3-1-4-8-15)25-20(22,18-14-24-18)12-16-9-5-2-6-10-16/h1-10,17-18H,11-14H2. The number of hydrogen-bond acceptors (Lipinski definition) is 3. The molecule has 2 aromatic carbocycles. The van der Waals surface area contributed by atoms with Crippen LogP contribution in [0.5, 0.6) is 0 Å². The molecule has 5 heteroatoms. The van der Waals surface area contributed by atoms with Crippen molar-refractivity contribution in [2.45, 2.75) is 34.1 Å². The molecule has 0 N–H and O–H groups in total. The second kappa shape index (κ2) is 7.12. The third-order valence-corrected chi connectivity index (χ3v) is 6.45. The lowest BCUT2D eigenvalue weighted by molar-refractivity contribution is -0.0712. The molecule has 0 aliphatic carbocycles. The molecule has 0 aromatic heterocycles. The largest absolute Gasteiger partial charge is 0.369 e. The molecule has 2 heterocycles. The molecule has 4 unspecified atom stereocenters. The third kappa shape index (κ3) is 4.34. The monoisotopic (exact) mass is 466 g/mol. The molecule has 0 bridgehead atoms. The molecular formula is C20H20Br2O3. The second-order valence-corrected chi connectivity index (χ2v) is 9.33. The van der Waals surface area contributed by atoms with Crippen LogP contribution in [0.25, 0.3) is 0 Å². The van der Waals surface area contributed by atoms with Crippen LogP contribution in [-0.2, 0) is 27.1 Å². The van der Waals surface area contributed by atoms with Crippen molar-refractivity contribution in [2.75, 3.05) is 13.2 Å². The van der Waals surface area contributed by atoms with Crippen LogP contribution in [0.1, 0.15) is 11.1 Å². The van der Waals surface area contributed by atoms with Crippen LogP contribution in [0.15, 0.2) is 60.7 Å². The summed E-state index contributed by atoms with van der Waals surface area (Å²) in [5, 5.41) is 0. The fourth-order valence-corrected chi connectivity index (χ4v) is 5.03. The van der Waals surface area contributed by atoms with E-state index in [1.807, 2.05) is 36.4 Å². The van der Waals surface area contributed by atoms with E-state index in [0.717, 1.165) is 12.8 Å². The minimum Gasteiger partial charge on any atom is -0.369 e. The summed E-state index contributed by atoms with van der Waals surface area (Å²) in [4.78, 5) is 0. The maximum atomic E-state index is 6.66. The van der Waals surface area contributed by atoms with Crippen molar-refractivity contribution in [3.05, 3.63) is 71.8 Å². The first-order valence-corrected chi connectivity index (χ1v) is 10.1. The Kier molecular flexibility index (Phi) is 5.04. The maximum absolute atomic E-state index is 6.66. The van der Waals surface area contributed by atoms with Gasteiger partial charge in [-0.2, -0.15) is 0 Å². The first kappa shape index (κ1) is 17.7. The summed E-state index contributed by atoms with van der Waals surface area (Å²) in [5.74, 6) is 0. The van der Waals surface area contributed by atoms with Gasteiger partial charge in [0.2, 0.25) is 0 Å². The topological polar surface area (TPSA) is 34.3 Å². The van der Waals surface area contributed by atoms with Gasteiger partial charge in [-0.3, -0.25) is 0 Å². The maximum Gasteiger partial charge on any atom is 0.157 e. The Bertz CT molecular complexity index is 642. The smallest absolute Gasteiger partial charge is 0.157 e. The summed E-state index contributed by atoms with van der Waals surface area (Å²) in [7, 11) is 0. The van der Waals surface area contributed by atoms with Gasteiger partial charge in [-0.15, -0.1) is 0 Å². The molecule has 2 fully saturated rings. The minimum atomic E-state index is -0.585. The van der Waals surface area contributed by atoms with Gasteiger partial charge in [-0.1, -0.05) is 92.5 Å². The van der Waals surface area contributed by atoms with Crippen molar-refractivity contribution >= 4 is 31.9 Å². The average molecular weight is 468 g/mol. The number of alkyl halides is 2. The molecule has 0 spiro atoms. The number of halogens is 2. The van der Waals surface area contributed by atoms with E-state index in [1.165, 1.54) is 11.1 Å². The van der Waals surface area contributed by atoms with Crippen LogP contribution in [0.3, 0.4) is 0 Å². The van der Waals surface area contributed by atoms with Crippen LogP contribution in [0.4, 0.5) is 0 Å². The van der Waals surface area contributed by atoms with Crippen LogP contribution >= 0.6 is 31.9 Å². The van der Waals surface area contributed by atoms with Crippen LogP contribution in [0, 0.1) is 0 Å². The molecule has 2 aliphatic rings. The van der Waals surface area contributed by atoms with Crippen molar-refractivity contribution in [1.82, 2.24) is 0 Å². The SMILES string of the molecule is BrC(Cc1ccccc1)(OC(Br)(Cc1ccccc1)C1CO1)C1CO1. The Labute approximate surface area is 164 Å². The van der Waals surface area contributed by atoms with E-state index in [9.17, 15) is 0 Å². The number of rotatable bonds is 8. The highest BCUT2D eigenvalue weighted by Gasteiger charge is 2.55. The highest BCUT2D eigenvalue weighted by Crippen LogP contribution is 2.47. The van der Waals surface area contributed by atoms with E-state index in [1.54, 1.807) is 0 Å². The molecule has 132 valence electrons. The van der Waals surface area contributed by atoms with Gasteiger partial charge in [0.15, 0.2) is 9.02 Å². The Morgan fingerprint density at radius 2 is 1.12 bits per heavy atom. The lowest BCUT2D eigenvalue weighted by Gasteiger charge is -2.36. The van der Waals surface area contributed by atoms with Gasteiger partial charge >= 0.3 is 0 Å². The molecule has 4 rings (SSSR count). The fourth-order valence-electron chi connectivity index (χ4n) is 3.06. The van der Waals surface area contributed by atoms with Crippen molar-refractivity contribution in [3.8, 4) is 0 Å². The molecule has 0 saturated carbocycles. The van der Waals surface area contributed by atoms with Gasteiger partial charge in [-0.05, 0) is 11.1 Å². The van der Waals surface area contributed by atoms with E-state index in [-0.39, 0.29) is 12.2 Å². The quantitative estimate of drug-likeness (QED) is 0.424. The predicted molar refractivity (Wildman–Crippen MR) is 104 cm³/mol. The second-order valence-electron chi connectivity index (χ2n) is 6.64. The molecule has 4 atom stereocenters. The fraction of sp³-hybridized carbons (Fsp3) is 0.400. The number of benzene rings is 2. The van der Waals surface area contributed by atoms with Gasteiger partial charge in [0.25, 0.3) is 0 Å². The molecular weight excluding hydrogens is 448 g/mol. The number of hydrogen-bond donors (Lipinski definition) is 0. The highest BCUT2D eigenvalue weighted by atomic mass is 79.9. The summed E-state index contributed by atoms with van der Waals surface area (Å²) >= 11 is 7.72. The summed E-state index contributed by atoms with van der Waals surface area (Å²) in [6.45, 7) is 1.41. The molecule has 2 aliphatic heterocycles. The summed E-state index contributed by atoms with van der Waals surface area (Å²) in [6.07, 6.45) is 1.54. The Hall–Kier alpha value is -0.720. The van der Waals surface area contributed by atoms with E-state index in [4.69, 9.17) is 14.2 Å². The first-order valence-electron chi connectivity index (χ1n) is 8.46. The van der Waals surface area contributed by atoms with E-state index in [2.05, 4.69) is 56.1 Å². The minimum absolute atomic E-state index is 0.0409. The van der Waals surface area contributed by atoms with Gasteiger partial charge in [0.1, 0.15) is 12.2 Å². The molecule has 0 radical (unpaired) electrons. The molecule has 25 heavy (non-hydrogen) atoms. The third-order valence-electron chi connectivity index (χ3n) is 4.54. The van der Waals surface area contributed by atoms with Crippen molar-refractivity contribution in [1.29, 1.82) is 0 Å². The van der Waals surface area contributed by atoms with E-state index in [0.29, 0.717) is 13.2 Å². The van der Waals surface area contributed by atoms with Crippen molar-refractivity contribution < 1.29 is 14.2 Å². The number of ether oxygens (including phenoxy) is 3. The van der Waals surface area contributed by atoms with Crippen LogP contribution in [-0.4, -0.2) is 34.4 Å². The predicted octanol–water partition coefficient (Wildman–Crippen LogP) is 4.47. The molecule has 2 saturated heterocycles. The molecule has 3 nitrogen and oxygen atoms in total. The van der Waals surface area contributed by atoms with Crippen LogP contribution in [0.2, 0.25) is 0 Å². The van der Waals surface area contributed by atoms with E-state index >= 15 is 0 Å². The Morgan fingerprint density at radius 1 is 0.760 bits per heavy atom. The van der Waals surface area contributed by atoms with Gasteiger partial charge in [0.05, 0.1) is 13.2 Å². The summed E-state index contributed by atoms with van der Waals surface area (Å²) in [5.41, 5.74) is 2.42. The Morgan fingerprint density at radius 3 is 1.44 bits per heavy atom. The molecule has 2 aromatic rings. The van der Waals surface area contributed by atoms with Gasteiger partial charge < -0.3 is 14.2 Å². The van der Waals surface area contributed by atoms with Gasteiger partial charge in [-0.25, -0.2) is 0 Å². The van der Waals surface area contributed by atoms with Gasteiger partial charge in [0, 0.05) is 12.8 Å². The van der Waals surface area contributed by atoms with E-state index < -0.39 is 9.02 Å². The Balaban J connectivity index is 1.56. The average Bonchev–Trinajstić information content (AvgIpc) is 3.49. The highest BCUT2D eigenvalue weighted by molar-refractivity contribution is 9.10. The number of epoxide rings is 2. The summed E-state index contributed by atoms with van der Waals surface area (Å²) in [6, 6.07) is 20.7. The van der Waals surface area contributed by atoms with Crippen LogP contribution < -0.4 is 0 Å². The van der Waals surface area contributed by atoms with Crippen molar-refractivity contribution in [3.63, 3.8) is 0 Å². The lowest BCUT2D eigenvalue weighted by atomic mass is 10.0. The zero-order chi connectivity index (χ0) is 17.3. The first-order chi connectivity index (χ1) is 12.1. The lowest BCUT2D eigenvalue weighted by Crippen LogP contribution is -2.46. The zero-order valence-electron chi connectivity index (χ0n) is 13.7. The normalized spacial score (nSPS) is 26.5.